The molecule has 0 heterocycles. The van der Waals surface area contributed by atoms with Crippen molar-refractivity contribution in [2.24, 2.45) is 0 Å². The van der Waals surface area contributed by atoms with E-state index in [0.29, 0.717) is 25.7 Å². The summed E-state index contributed by atoms with van der Waals surface area (Å²) in [7, 11) is 0. The molecular formula is C13H15F3N2O3. The molecule has 5 nitrogen and oxygen atoms in total. The topological polar surface area (TPSA) is 67.4 Å². The Morgan fingerprint density at radius 1 is 1.14 bits per heavy atom. The van der Waals surface area contributed by atoms with E-state index in [1.54, 1.807) is 0 Å². The molecule has 0 unspecified atom stereocenters. The zero-order chi connectivity index (χ0) is 15.8. The summed E-state index contributed by atoms with van der Waals surface area (Å²) in [5, 5.41) is 4.15. The summed E-state index contributed by atoms with van der Waals surface area (Å²) in [6.45, 7) is 2.99. The Labute approximate surface area is 119 Å². The predicted octanol–water partition coefficient (Wildman–Crippen LogP) is 1.59. The van der Waals surface area contributed by atoms with E-state index >= 15 is 0 Å². The fourth-order valence-corrected chi connectivity index (χ4v) is 1.40. The van der Waals surface area contributed by atoms with Crippen molar-refractivity contribution >= 4 is 17.5 Å². The van der Waals surface area contributed by atoms with E-state index in [0.717, 1.165) is 6.07 Å². The largest absolute Gasteiger partial charge is 0.382 e. The summed E-state index contributed by atoms with van der Waals surface area (Å²) in [6, 6.07) is 1.47. The van der Waals surface area contributed by atoms with Crippen LogP contribution in [-0.2, 0) is 14.3 Å². The Morgan fingerprint density at radius 3 is 2.52 bits per heavy atom. The zero-order valence-electron chi connectivity index (χ0n) is 11.3. The highest BCUT2D eigenvalue weighted by Gasteiger charge is 2.18. The van der Waals surface area contributed by atoms with E-state index < -0.39 is 35.0 Å². The maximum atomic E-state index is 13.3. The normalized spacial score (nSPS) is 10.3. The average Bonchev–Trinajstić information content (AvgIpc) is 2.47. The van der Waals surface area contributed by atoms with Crippen LogP contribution in [-0.4, -0.2) is 31.6 Å². The van der Waals surface area contributed by atoms with Crippen molar-refractivity contribution in [3.8, 4) is 0 Å². The van der Waals surface area contributed by atoms with Gasteiger partial charge < -0.3 is 15.4 Å². The van der Waals surface area contributed by atoms with Gasteiger partial charge in [0.2, 0.25) is 0 Å². The number of ether oxygens (including phenoxy) is 1. The number of carbonyl (C=O) groups is 2. The minimum Gasteiger partial charge on any atom is -0.382 e. The van der Waals surface area contributed by atoms with Crippen LogP contribution in [0.15, 0.2) is 12.1 Å². The van der Waals surface area contributed by atoms with Crippen molar-refractivity contribution in [1.82, 2.24) is 5.32 Å². The number of hydrogen-bond acceptors (Lipinski definition) is 3. The van der Waals surface area contributed by atoms with Gasteiger partial charge in [-0.05, 0) is 25.5 Å². The van der Waals surface area contributed by atoms with Crippen LogP contribution in [0.25, 0.3) is 0 Å². The number of nitrogens with one attached hydrogen (secondary N) is 2. The molecule has 0 saturated heterocycles. The molecular weight excluding hydrogens is 289 g/mol. The van der Waals surface area contributed by atoms with Crippen molar-refractivity contribution < 1.29 is 27.5 Å². The molecule has 116 valence electrons. The molecule has 1 rings (SSSR count). The van der Waals surface area contributed by atoms with Gasteiger partial charge in [-0.15, -0.1) is 0 Å². The molecule has 21 heavy (non-hydrogen) atoms. The fraction of sp³-hybridized carbons (Fsp3) is 0.385. The quantitative estimate of drug-likeness (QED) is 0.476. The number of benzene rings is 1. The summed E-state index contributed by atoms with van der Waals surface area (Å²) in [6.07, 6.45) is 0.506. The average molecular weight is 304 g/mol. The first-order valence-electron chi connectivity index (χ1n) is 6.27. The Kier molecular flexibility index (Phi) is 6.67. The van der Waals surface area contributed by atoms with Crippen LogP contribution in [0.1, 0.15) is 13.3 Å². The molecule has 1 aromatic carbocycles. The molecule has 0 radical (unpaired) electrons. The lowest BCUT2D eigenvalue weighted by Crippen LogP contribution is -2.36. The molecule has 0 saturated carbocycles. The second-order valence-corrected chi connectivity index (χ2v) is 3.98. The Morgan fingerprint density at radius 2 is 1.86 bits per heavy atom. The second-order valence-electron chi connectivity index (χ2n) is 3.98. The van der Waals surface area contributed by atoms with Gasteiger partial charge in [-0.25, -0.2) is 13.2 Å². The minimum absolute atomic E-state index is 0.201. The Balaban J connectivity index is 2.49. The maximum Gasteiger partial charge on any atom is 0.313 e. The smallest absolute Gasteiger partial charge is 0.313 e. The van der Waals surface area contributed by atoms with Crippen LogP contribution in [0.4, 0.5) is 18.9 Å². The van der Waals surface area contributed by atoms with E-state index in [-0.39, 0.29) is 6.54 Å². The molecule has 0 aliphatic rings. The van der Waals surface area contributed by atoms with Crippen molar-refractivity contribution in [1.29, 1.82) is 0 Å². The third kappa shape index (κ3) is 5.07. The van der Waals surface area contributed by atoms with Crippen LogP contribution in [0.5, 0.6) is 0 Å². The van der Waals surface area contributed by atoms with E-state index in [1.807, 2.05) is 12.2 Å². The molecule has 0 bridgehead atoms. The van der Waals surface area contributed by atoms with Crippen LogP contribution < -0.4 is 10.6 Å². The van der Waals surface area contributed by atoms with Crippen molar-refractivity contribution in [2.45, 2.75) is 13.3 Å². The number of halogens is 3. The molecule has 2 amide bonds. The van der Waals surface area contributed by atoms with E-state index in [2.05, 4.69) is 5.32 Å². The van der Waals surface area contributed by atoms with Crippen molar-refractivity contribution in [3.05, 3.63) is 29.6 Å². The number of hydrogen-bond donors (Lipinski definition) is 2. The zero-order valence-corrected chi connectivity index (χ0v) is 11.3. The lowest BCUT2D eigenvalue weighted by molar-refractivity contribution is -0.136. The van der Waals surface area contributed by atoms with Gasteiger partial charge in [-0.1, -0.05) is 0 Å². The first-order chi connectivity index (χ1) is 9.97. The number of anilines is 1. The third-order valence-electron chi connectivity index (χ3n) is 2.44. The molecule has 0 aliphatic heterocycles. The summed E-state index contributed by atoms with van der Waals surface area (Å²) in [5.41, 5.74) is -0.608. The van der Waals surface area contributed by atoms with Gasteiger partial charge in [-0.3, -0.25) is 9.59 Å². The minimum atomic E-state index is -1.72. The highest BCUT2D eigenvalue weighted by Crippen LogP contribution is 2.19. The number of amides is 2. The van der Waals surface area contributed by atoms with Gasteiger partial charge in [-0.2, -0.15) is 0 Å². The molecule has 0 fully saturated rings. The second kappa shape index (κ2) is 8.25. The van der Waals surface area contributed by atoms with Crippen LogP contribution in [0.2, 0.25) is 0 Å². The number of rotatable bonds is 6. The van der Waals surface area contributed by atoms with Gasteiger partial charge in [0.1, 0.15) is 0 Å². The molecule has 0 spiro atoms. The van der Waals surface area contributed by atoms with Gasteiger partial charge in [0, 0.05) is 19.8 Å². The maximum absolute atomic E-state index is 13.3. The summed E-state index contributed by atoms with van der Waals surface area (Å²) in [5.74, 6) is -6.84. The highest BCUT2D eigenvalue weighted by molar-refractivity contribution is 6.39. The van der Waals surface area contributed by atoms with Crippen LogP contribution in [0.3, 0.4) is 0 Å². The number of carbonyl (C=O) groups excluding carboxylic acids is 2. The Hall–Kier alpha value is -2.09. The fourth-order valence-electron chi connectivity index (χ4n) is 1.40. The first kappa shape index (κ1) is 17.0. The SMILES string of the molecule is CCOCCCNC(=O)C(=O)Nc1ccc(F)c(F)c1F. The van der Waals surface area contributed by atoms with E-state index in [4.69, 9.17) is 4.74 Å². The predicted molar refractivity (Wildman–Crippen MR) is 69.1 cm³/mol. The van der Waals surface area contributed by atoms with Gasteiger partial charge >= 0.3 is 11.8 Å². The lowest BCUT2D eigenvalue weighted by Gasteiger charge is -2.08. The van der Waals surface area contributed by atoms with Gasteiger partial charge in [0.25, 0.3) is 0 Å². The summed E-state index contributed by atoms with van der Waals surface area (Å²) in [4.78, 5) is 22.8. The molecule has 0 aliphatic carbocycles. The standard InChI is InChI=1S/C13H15F3N2O3/c1-2-21-7-3-6-17-12(19)13(20)18-9-5-4-8(14)10(15)11(9)16/h4-5H,2-3,6-7H2,1H3,(H,17,19)(H,18,20). The molecule has 0 aromatic heterocycles. The third-order valence-corrected chi connectivity index (χ3v) is 2.44. The lowest BCUT2D eigenvalue weighted by atomic mass is 10.2. The first-order valence-corrected chi connectivity index (χ1v) is 6.27. The van der Waals surface area contributed by atoms with E-state index in [9.17, 15) is 22.8 Å². The Bertz CT molecular complexity index is 524. The van der Waals surface area contributed by atoms with Crippen molar-refractivity contribution in [2.75, 3.05) is 25.1 Å². The van der Waals surface area contributed by atoms with E-state index in [1.165, 1.54) is 0 Å². The monoisotopic (exact) mass is 304 g/mol. The molecule has 2 N–H and O–H groups in total. The van der Waals surface area contributed by atoms with Gasteiger partial charge in [0.05, 0.1) is 5.69 Å². The highest BCUT2D eigenvalue weighted by atomic mass is 19.2. The summed E-state index contributed by atoms with van der Waals surface area (Å²) >= 11 is 0. The van der Waals surface area contributed by atoms with Crippen LogP contribution >= 0.6 is 0 Å². The van der Waals surface area contributed by atoms with Crippen molar-refractivity contribution in [3.63, 3.8) is 0 Å². The summed E-state index contributed by atoms with van der Waals surface area (Å²) < 4.78 is 44.0. The van der Waals surface area contributed by atoms with Crippen LogP contribution in [0, 0.1) is 17.5 Å². The van der Waals surface area contributed by atoms with Gasteiger partial charge in [0.15, 0.2) is 17.5 Å². The molecule has 8 heteroatoms. The molecule has 0 atom stereocenters. The molecule has 1 aromatic rings.